The van der Waals surface area contributed by atoms with Gasteiger partial charge in [-0.3, -0.25) is 0 Å². The zero-order chi connectivity index (χ0) is 19.4. The third kappa shape index (κ3) is 3.87. The summed E-state index contributed by atoms with van der Waals surface area (Å²) in [4.78, 5) is 23.7. The average Bonchev–Trinajstić information content (AvgIpc) is 2.98. The van der Waals surface area contributed by atoms with Gasteiger partial charge in [-0.2, -0.15) is 0 Å². The van der Waals surface area contributed by atoms with Crippen LogP contribution >= 0.6 is 0 Å². The van der Waals surface area contributed by atoms with Gasteiger partial charge in [0.15, 0.2) is 0 Å². The molecule has 0 radical (unpaired) electrons. The standard InChI is InChI=1S/C22H23NO4/c1-3-8-14(2)20(21(24)25)23-22(26)27-13-19-17-11-6-4-9-15(17)16-10-5-7-12-18(16)19/h3-7,9-12,14,19-20H,1,8,13H2,2H3,(H,23,26)(H,24,25)/t14-,20+/m1/s1. The minimum Gasteiger partial charge on any atom is -0.480 e. The molecule has 1 amide bonds. The van der Waals surface area contributed by atoms with Gasteiger partial charge in [-0.05, 0) is 34.6 Å². The van der Waals surface area contributed by atoms with Gasteiger partial charge in [-0.15, -0.1) is 6.58 Å². The maximum absolute atomic E-state index is 12.2. The molecule has 140 valence electrons. The molecular formula is C22H23NO4. The molecule has 0 aromatic heterocycles. The number of ether oxygens (including phenoxy) is 1. The SMILES string of the molecule is C=CC[C@@H](C)[C@H](NC(=O)OCC1c2ccccc2-c2ccccc21)C(=O)O. The Morgan fingerprint density at radius 3 is 2.22 bits per heavy atom. The number of benzene rings is 2. The second kappa shape index (κ2) is 8.08. The number of allylic oxidation sites excluding steroid dienone is 1. The first-order valence-electron chi connectivity index (χ1n) is 8.98. The summed E-state index contributed by atoms with van der Waals surface area (Å²) in [5.41, 5.74) is 4.51. The highest BCUT2D eigenvalue weighted by atomic mass is 16.5. The molecule has 3 rings (SSSR count). The van der Waals surface area contributed by atoms with Crippen molar-refractivity contribution in [2.75, 3.05) is 6.61 Å². The second-order valence-electron chi connectivity index (χ2n) is 6.79. The first-order valence-corrected chi connectivity index (χ1v) is 8.98. The highest BCUT2D eigenvalue weighted by Gasteiger charge is 2.30. The summed E-state index contributed by atoms with van der Waals surface area (Å²) in [7, 11) is 0. The largest absolute Gasteiger partial charge is 0.480 e. The lowest BCUT2D eigenvalue weighted by Crippen LogP contribution is -2.45. The molecule has 5 heteroatoms. The van der Waals surface area contributed by atoms with Crippen molar-refractivity contribution >= 4 is 12.1 Å². The van der Waals surface area contributed by atoms with Crippen molar-refractivity contribution in [3.63, 3.8) is 0 Å². The van der Waals surface area contributed by atoms with Gasteiger partial charge in [0.05, 0.1) is 0 Å². The van der Waals surface area contributed by atoms with E-state index in [9.17, 15) is 14.7 Å². The lowest BCUT2D eigenvalue weighted by molar-refractivity contribution is -0.140. The van der Waals surface area contributed by atoms with Crippen LogP contribution in [0.25, 0.3) is 11.1 Å². The highest BCUT2D eigenvalue weighted by molar-refractivity contribution is 5.81. The van der Waals surface area contributed by atoms with Gasteiger partial charge in [0.2, 0.25) is 0 Å². The maximum atomic E-state index is 12.2. The molecule has 2 aromatic rings. The molecule has 1 aliphatic carbocycles. The smallest absolute Gasteiger partial charge is 0.407 e. The van der Waals surface area contributed by atoms with E-state index in [-0.39, 0.29) is 18.4 Å². The predicted octanol–water partition coefficient (Wildman–Crippen LogP) is 4.19. The molecular weight excluding hydrogens is 342 g/mol. The van der Waals surface area contributed by atoms with Crippen LogP contribution in [-0.4, -0.2) is 29.8 Å². The molecule has 2 aromatic carbocycles. The van der Waals surface area contributed by atoms with Crippen molar-refractivity contribution in [1.82, 2.24) is 5.32 Å². The minimum absolute atomic E-state index is 0.0583. The van der Waals surface area contributed by atoms with E-state index in [2.05, 4.69) is 24.0 Å². The molecule has 0 spiro atoms. The Morgan fingerprint density at radius 2 is 1.70 bits per heavy atom. The number of alkyl carbamates (subject to hydrolysis) is 1. The maximum Gasteiger partial charge on any atom is 0.407 e. The van der Waals surface area contributed by atoms with Crippen LogP contribution in [-0.2, 0) is 9.53 Å². The zero-order valence-corrected chi connectivity index (χ0v) is 15.2. The fourth-order valence-corrected chi connectivity index (χ4v) is 3.61. The van der Waals surface area contributed by atoms with Crippen molar-refractivity contribution in [3.05, 3.63) is 72.3 Å². The van der Waals surface area contributed by atoms with Gasteiger partial charge in [0.25, 0.3) is 0 Å². The molecule has 27 heavy (non-hydrogen) atoms. The van der Waals surface area contributed by atoms with E-state index in [1.807, 2.05) is 36.4 Å². The molecule has 0 saturated heterocycles. The predicted molar refractivity (Wildman–Crippen MR) is 104 cm³/mol. The normalized spacial score (nSPS) is 14.6. The molecule has 0 bridgehead atoms. The number of aliphatic carboxylic acids is 1. The van der Waals surface area contributed by atoms with E-state index in [0.717, 1.165) is 22.3 Å². The van der Waals surface area contributed by atoms with Crippen LogP contribution < -0.4 is 5.32 Å². The van der Waals surface area contributed by atoms with Gasteiger partial charge in [-0.1, -0.05) is 61.5 Å². The molecule has 1 aliphatic rings. The quantitative estimate of drug-likeness (QED) is 0.722. The summed E-state index contributed by atoms with van der Waals surface area (Å²) in [5, 5.41) is 11.8. The van der Waals surface area contributed by atoms with Gasteiger partial charge in [0, 0.05) is 5.92 Å². The molecule has 0 saturated carbocycles. The van der Waals surface area contributed by atoms with Crippen LogP contribution in [0.4, 0.5) is 4.79 Å². The first-order chi connectivity index (χ1) is 13.0. The summed E-state index contributed by atoms with van der Waals surface area (Å²) in [6.45, 7) is 5.52. The Balaban J connectivity index is 1.70. The number of nitrogens with one attached hydrogen (secondary N) is 1. The third-order valence-electron chi connectivity index (χ3n) is 4.99. The second-order valence-corrected chi connectivity index (χ2v) is 6.79. The number of amides is 1. The Hall–Kier alpha value is -3.08. The number of hydrogen-bond donors (Lipinski definition) is 2. The van der Waals surface area contributed by atoms with Crippen molar-refractivity contribution in [1.29, 1.82) is 0 Å². The number of hydrogen-bond acceptors (Lipinski definition) is 3. The fraction of sp³-hybridized carbons (Fsp3) is 0.273. The first kappa shape index (κ1) is 18.7. The molecule has 0 heterocycles. The van der Waals surface area contributed by atoms with E-state index in [1.165, 1.54) is 0 Å². The number of rotatable bonds is 7. The summed E-state index contributed by atoms with van der Waals surface area (Å²) >= 11 is 0. The van der Waals surface area contributed by atoms with Gasteiger partial charge >= 0.3 is 12.1 Å². The fourth-order valence-electron chi connectivity index (χ4n) is 3.61. The zero-order valence-electron chi connectivity index (χ0n) is 15.2. The number of carbonyl (C=O) groups is 2. The van der Waals surface area contributed by atoms with Crippen LogP contribution in [0.1, 0.15) is 30.4 Å². The lowest BCUT2D eigenvalue weighted by atomic mass is 9.98. The third-order valence-corrected chi connectivity index (χ3v) is 4.99. The van der Waals surface area contributed by atoms with Crippen LogP contribution in [0, 0.1) is 5.92 Å². The van der Waals surface area contributed by atoms with Crippen LogP contribution in [0.5, 0.6) is 0 Å². The van der Waals surface area contributed by atoms with E-state index < -0.39 is 18.1 Å². The van der Waals surface area contributed by atoms with Crippen molar-refractivity contribution < 1.29 is 19.4 Å². The van der Waals surface area contributed by atoms with Crippen molar-refractivity contribution in [3.8, 4) is 11.1 Å². The monoisotopic (exact) mass is 365 g/mol. The summed E-state index contributed by atoms with van der Waals surface area (Å²) in [5.74, 6) is -1.42. The van der Waals surface area contributed by atoms with E-state index >= 15 is 0 Å². The van der Waals surface area contributed by atoms with Gasteiger partial charge in [0.1, 0.15) is 12.6 Å². The van der Waals surface area contributed by atoms with Gasteiger partial charge < -0.3 is 15.2 Å². The molecule has 5 nitrogen and oxygen atoms in total. The Morgan fingerprint density at radius 1 is 1.15 bits per heavy atom. The Kier molecular flexibility index (Phi) is 5.60. The Bertz CT molecular complexity index is 815. The Labute approximate surface area is 158 Å². The lowest BCUT2D eigenvalue weighted by Gasteiger charge is -2.21. The van der Waals surface area contributed by atoms with E-state index in [1.54, 1.807) is 13.0 Å². The number of carboxylic acid groups (broad SMARTS) is 1. The summed E-state index contributed by atoms with van der Waals surface area (Å²) in [6, 6.07) is 15.1. The summed E-state index contributed by atoms with van der Waals surface area (Å²) < 4.78 is 5.41. The van der Waals surface area contributed by atoms with Crippen molar-refractivity contribution in [2.45, 2.75) is 25.3 Å². The molecule has 0 aliphatic heterocycles. The molecule has 0 fully saturated rings. The average molecular weight is 365 g/mol. The number of carbonyl (C=O) groups excluding carboxylic acids is 1. The number of carboxylic acids is 1. The minimum atomic E-state index is -1.09. The van der Waals surface area contributed by atoms with Gasteiger partial charge in [-0.25, -0.2) is 9.59 Å². The summed E-state index contributed by atoms with van der Waals surface area (Å²) in [6.07, 6.45) is 1.40. The van der Waals surface area contributed by atoms with E-state index in [4.69, 9.17) is 4.74 Å². The molecule has 2 N–H and O–H groups in total. The van der Waals surface area contributed by atoms with Crippen LogP contribution in [0.3, 0.4) is 0 Å². The van der Waals surface area contributed by atoms with Crippen LogP contribution in [0.15, 0.2) is 61.2 Å². The highest BCUT2D eigenvalue weighted by Crippen LogP contribution is 2.44. The van der Waals surface area contributed by atoms with Crippen LogP contribution in [0.2, 0.25) is 0 Å². The molecule has 2 atom stereocenters. The topological polar surface area (TPSA) is 75.6 Å². The van der Waals surface area contributed by atoms with E-state index in [0.29, 0.717) is 6.42 Å². The molecule has 0 unspecified atom stereocenters. The van der Waals surface area contributed by atoms with Crippen molar-refractivity contribution in [2.24, 2.45) is 5.92 Å². The number of fused-ring (bicyclic) bond motifs is 3.